The molecule has 0 aliphatic carbocycles. The minimum Gasteiger partial charge on any atom is -0.462 e. The van der Waals surface area contributed by atoms with Crippen molar-refractivity contribution in [1.29, 1.82) is 0 Å². The van der Waals surface area contributed by atoms with Gasteiger partial charge in [-0.25, -0.2) is 4.79 Å². The topological polar surface area (TPSA) is 64.3 Å². The second kappa shape index (κ2) is 8.13. The van der Waals surface area contributed by atoms with Gasteiger partial charge >= 0.3 is 5.97 Å². The minimum absolute atomic E-state index is 0.203. The molecule has 0 bridgehead atoms. The molecule has 5 heteroatoms. The molecule has 21 heavy (non-hydrogen) atoms. The Kier molecular flexibility index (Phi) is 6.82. The Bertz CT molecular complexity index is 487. The highest BCUT2D eigenvalue weighted by molar-refractivity contribution is 6.34. The first kappa shape index (κ1) is 17.6. The molecule has 1 unspecified atom stereocenters. The van der Waals surface area contributed by atoms with E-state index in [9.17, 15) is 4.79 Å². The Morgan fingerprint density at radius 2 is 1.95 bits per heavy atom. The normalized spacial score (nSPS) is 12.3. The van der Waals surface area contributed by atoms with Crippen molar-refractivity contribution in [2.45, 2.75) is 46.6 Å². The van der Waals surface area contributed by atoms with Gasteiger partial charge in [0.15, 0.2) is 0 Å². The zero-order valence-corrected chi connectivity index (χ0v) is 14.0. The molecule has 1 rings (SSSR count). The van der Waals surface area contributed by atoms with E-state index >= 15 is 0 Å². The summed E-state index contributed by atoms with van der Waals surface area (Å²) in [6, 6.07) is 3.45. The SMILES string of the molecule is CCOC(=O)c1cc(N)cc(Cl)c1NC(C)C(CC)CC. The molecule has 1 aromatic carbocycles. The number of hydrogen-bond donors (Lipinski definition) is 2. The highest BCUT2D eigenvalue weighted by atomic mass is 35.5. The molecule has 0 spiro atoms. The Labute approximate surface area is 132 Å². The van der Waals surface area contributed by atoms with Crippen molar-refractivity contribution in [1.82, 2.24) is 0 Å². The van der Waals surface area contributed by atoms with Gasteiger partial charge in [-0.3, -0.25) is 0 Å². The van der Waals surface area contributed by atoms with Gasteiger partial charge in [0.25, 0.3) is 0 Å². The van der Waals surface area contributed by atoms with Gasteiger partial charge < -0.3 is 15.8 Å². The molecule has 0 saturated heterocycles. The van der Waals surface area contributed by atoms with Crippen LogP contribution in [0.1, 0.15) is 50.9 Å². The first-order chi connectivity index (χ1) is 9.94. The molecule has 1 atom stereocenters. The molecule has 4 nitrogen and oxygen atoms in total. The monoisotopic (exact) mass is 312 g/mol. The third-order valence-corrected chi connectivity index (χ3v) is 4.03. The predicted molar refractivity (Wildman–Crippen MR) is 89.0 cm³/mol. The molecule has 0 aliphatic heterocycles. The van der Waals surface area contributed by atoms with Crippen molar-refractivity contribution in [3.8, 4) is 0 Å². The number of esters is 1. The first-order valence-corrected chi connectivity index (χ1v) is 7.84. The van der Waals surface area contributed by atoms with Crippen LogP contribution in [0.25, 0.3) is 0 Å². The van der Waals surface area contributed by atoms with E-state index in [2.05, 4.69) is 26.1 Å². The van der Waals surface area contributed by atoms with E-state index in [1.807, 2.05) is 0 Å². The lowest BCUT2D eigenvalue weighted by Crippen LogP contribution is -2.26. The number of carbonyl (C=O) groups excluding carboxylic acids is 1. The van der Waals surface area contributed by atoms with Crippen LogP contribution in [0.5, 0.6) is 0 Å². The van der Waals surface area contributed by atoms with Crippen molar-refractivity contribution in [3.05, 3.63) is 22.7 Å². The number of benzene rings is 1. The number of rotatable bonds is 7. The van der Waals surface area contributed by atoms with Crippen molar-refractivity contribution in [2.24, 2.45) is 5.92 Å². The summed E-state index contributed by atoms with van der Waals surface area (Å²) in [4.78, 5) is 12.1. The lowest BCUT2D eigenvalue weighted by molar-refractivity contribution is 0.0527. The molecule has 0 saturated carbocycles. The summed E-state index contributed by atoms with van der Waals surface area (Å²) in [5.41, 5.74) is 7.22. The third kappa shape index (κ3) is 4.53. The molecule has 1 aromatic rings. The van der Waals surface area contributed by atoms with Crippen LogP contribution in [0.2, 0.25) is 5.02 Å². The molecule has 0 fully saturated rings. The summed E-state index contributed by atoms with van der Waals surface area (Å²) in [6.45, 7) is 8.49. The number of nitrogen functional groups attached to an aromatic ring is 1. The van der Waals surface area contributed by atoms with Gasteiger partial charge in [-0.15, -0.1) is 0 Å². The van der Waals surface area contributed by atoms with Gasteiger partial charge in [0, 0.05) is 11.7 Å². The van der Waals surface area contributed by atoms with Gasteiger partial charge in [-0.05, 0) is 31.9 Å². The van der Waals surface area contributed by atoms with E-state index in [-0.39, 0.29) is 6.04 Å². The van der Waals surface area contributed by atoms with E-state index in [0.29, 0.717) is 34.5 Å². The number of nitrogens with two attached hydrogens (primary N) is 1. The summed E-state index contributed by atoms with van der Waals surface area (Å²) in [5, 5.41) is 3.80. The molecule has 0 amide bonds. The third-order valence-electron chi connectivity index (χ3n) is 3.74. The number of halogens is 1. The lowest BCUT2D eigenvalue weighted by Gasteiger charge is -2.25. The summed E-state index contributed by atoms with van der Waals surface area (Å²) < 4.78 is 5.08. The summed E-state index contributed by atoms with van der Waals surface area (Å²) in [7, 11) is 0. The Hall–Kier alpha value is -1.42. The molecular formula is C16H25ClN2O2. The fraction of sp³-hybridized carbons (Fsp3) is 0.562. The quantitative estimate of drug-likeness (QED) is 0.581. The van der Waals surface area contributed by atoms with Gasteiger partial charge in [0.1, 0.15) is 0 Å². The molecule has 3 N–H and O–H groups in total. The number of nitrogens with one attached hydrogen (secondary N) is 1. The Morgan fingerprint density at radius 1 is 1.33 bits per heavy atom. The Balaban J connectivity index is 3.12. The van der Waals surface area contributed by atoms with Crippen molar-refractivity contribution >= 4 is 28.9 Å². The average Bonchev–Trinajstić information content (AvgIpc) is 2.43. The Morgan fingerprint density at radius 3 is 2.48 bits per heavy atom. The van der Waals surface area contributed by atoms with E-state index < -0.39 is 5.97 Å². The number of hydrogen-bond acceptors (Lipinski definition) is 4. The maximum absolute atomic E-state index is 12.1. The van der Waals surface area contributed by atoms with Gasteiger partial charge in [0.05, 0.1) is 22.9 Å². The zero-order valence-electron chi connectivity index (χ0n) is 13.2. The number of ether oxygens (including phenoxy) is 1. The van der Waals surface area contributed by atoms with Crippen LogP contribution in [0.4, 0.5) is 11.4 Å². The largest absolute Gasteiger partial charge is 0.462 e. The number of anilines is 2. The molecule has 0 aromatic heterocycles. The minimum atomic E-state index is -0.411. The van der Waals surface area contributed by atoms with Crippen molar-refractivity contribution in [2.75, 3.05) is 17.7 Å². The molecule has 0 aliphatic rings. The molecule has 118 valence electrons. The smallest absolute Gasteiger partial charge is 0.340 e. The average molecular weight is 313 g/mol. The molecular weight excluding hydrogens is 288 g/mol. The van der Waals surface area contributed by atoms with E-state index in [1.165, 1.54) is 0 Å². The van der Waals surface area contributed by atoms with Crippen molar-refractivity contribution in [3.63, 3.8) is 0 Å². The second-order valence-electron chi connectivity index (χ2n) is 5.16. The van der Waals surface area contributed by atoms with Crippen LogP contribution in [0.3, 0.4) is 0 Å². The maximum atomic E-state index is 12.1. The molecule has 0 heterocycles. The van der Waals surface area contributed by atoms with Crippen LogP contribution < -0.4 is 11.1 Å². The van der Waals surface area contributed by atoms with Gasteiger partial charge in [-0.1, -0.05) is 38.3 Å². The van der Waals surface area contributed by atoms with E-state index in [1.54, 1.807) is 19.1 Å². The van der Waals surface area contributed by atoms with Crippen LogP contribution in [-0.2, 0) is 4.74 Å². The van der Waals surface area contributed by atoms with Crippen LogP contribution >= 0.6 is 11.6 Å². The second-order valence-corrected chi connectivity index (χ2v) is 5.56. The standard InChI is InChI=1S/C16H25ClN2O2/c1-5-11(6-2)10(4)19-15-13(16(20)21-7-3)8-12(18)9-14(15)17/h8-11,19H,5-7,18H2,1-4H3. The fourth-order valence-electron chi connectivity index (χ4n) is 2.49. The number of carbonyl (C=O) groups is 1. The summed E-state index contributed by atoms with van der Waals surface area (Å²) in [6.07, 6.45) is 2.12. The predicted octanol–water partition coefficient (Wildman–Crippen LogP) is 4.34. The van der Waals surface area contributed by atoms with Crippen LogP contribution in [-0.4, -0.2) is 18.6 Å². The highest BCUT2D eigenvalue weighted by Crippen LogP contribution is 2.31. The van der Waals surface area contributed by atoms with Gasteiger partial charge in [0.2, 0.25) is 0 Å². The highest BCUT2D eigenvalue weighted by Gasteiger charge is 2.21. The fourth-order valence-corrected chi connectivity index (χ4v) is 2.77. The van der Waals surface area contributed by atoms with E-state index in [0.717, 1.165) is 12.8 Å². The summed E-state index contributed by atoms with van der Waals surface area (Å²) >= 11 is 6.26. The maximum Gasteiger partial charge on any atom is 0.340 e. The van der Waals surface area contributed by atoms with Gasteiger partial charge in [-0.2, -0.15) is 0 Å². The first-order valence-electron chi connectivity index (χ1n) is 7.47. The van der Waals surface area contributed by atoms with Crippen LogP contribution in [0.15, 0.2) is 12.1 Å². The lowest BCUT2D eigenvalue weighted by atomic mass is 9.95. The summed E-state index contributed by atoms with van der Waals surface area (Å²) in [5.74, 6) is 0.0969. The van der Waals surface area contributed by atoms with E-state index in [4.69, 9.17) is 22.1 Å². The zero-order chi connectivity index (χ0) is 16.0. The van der Waals surface area contributed by atoms with Crippen molar-refractivity contribution < 1.29 is 9.53 Å². The van der Waals surface area contributed by atoms with Crippen LogP contribution in [0, 0.1) is 5.92 Å². The molecule has 0 radical (unpaired) electrons.